The molecule has 2 amide bonds. The molecule has 1 aliphatic rings. The van der Waals surface area contributed by atoms with Crippen molar-refractivity contribution in [1.29, 1.82) is 0 Å². The lowest BCUT2D eigenvalue weighted by molar-refractivity contribution is -0.131. The Morgan fingerprint density at radius 3 is 2.94 bits per heavy atom. The Morgan fingerprint density at radius 2 is 2.28 bits per heavy atom. The second-order valence-corrected chi connectivity index (χ2v) is 4.69. The van der Waals surface area contributed by atoms with Gasteiger partial charge in [-0.15, -0.1) is 0 Å². The molecule has 1 aliphatic heterocycles. The van der Waals surface area contributed by atoms with E-state index in [4.69, 9.17) is 0 Å². The molecule has 0 aliphatic carbocycles. The summed E-state index contributed by atoms with van der Waals surface area (Å²) in [6.07, 6.45) is 4.88. The fourth-order valence-electron chi connectivity index (χ4n) is 2.17. The highest BCUT2D eigenvalue weighted by Crippen LogP contribution is 2.09. The molecule has 1 aromatic heterocycles. The largest absolute Gasteiger partial charge is 0.347 e. The van der Waals surface area contributed by atoms with Gasteiger partial charge in [0.25, 0.3) is 0 Å². The SMILES string of the molecule is CC1CC(=O)NCC(=O)N1CCc1cnn(C)c1. The van der Waals surface area contributed by atoms with Crippen LogP contribution in [0.2, 0.25) is 0 Å². The molecule has 2 rings (SSSR count). The van der Waals surface area contributed by atoms with E-state index < -0.39 is 0 Å². The molecule has 2 heterocycles. The van der Waals surface area contributed by atoms with Crippen LogP contribution in [0.3, 0.4) is 0 Å². The predicted octanol–water partition coefficient (Wildman–Crippen LogP) is -0.300. The summed E-state index contributed by atoms with van der Waals surface area (Å²) in [5, 5.41) is 6.71. The molecule has 1 atom stereocenters. The zero-order valence-corrected chi connectivity index (χ0v) is 10.7. The highest BCUT2D eigenvalue weighted by molar-refractivity contribution is 5.87. The number of amides is 2. The lowest BCUT2D eigenvalue weighted by atomic mass is 10.1. The quantitative estimate of drug-likeness (QED) is 0.801. The van der Waals surface area contributed by atoms with Crippen molar-refractivity contribution in [3.8, 4) is 0 Å². The van der Waals surface area contributed by atoms with Crippen LogP contribution in [0.15, 0.2) is 12.4 Å². The average Bonchev–Trinajstić information content (AvgIpc) is 2.67. The van der Waals surface area contributed by atoms with Crippen molar-refractivity contribution in [2.24, 2.45) is 7.05 Å². The molecular formula is C12H18N4O2. The Balaban J connectivity index is 1.97. The number of nitrogens with one attached hydrogen (secondary N) is 1. The van der Waals surface area contributed by atoms with Crippen molar-refractivity contribution in [2.45, 2.75) is 25.8 Å². The Kier molecular flexibility index (Phi) is 3.64. The van der Waals surface area contributed by atoms with Crippen LogP contribution < -0.4 is 5.32 Å². The molecule has 1 N–H and O–H groups in total. The third-order valence-electron chi connectivity index (χ3n) is 3.17. The second-order valence-electron chi connectivity index (χ2n) is 4.69. The molecule has 0 spiro atoms. The maximum atomic E-state index is 11.9. The maximum absolute atomic E-state index is 11.9. The van der Waals surface area contributed by atoms with E-state index in [0.717, 1.165) is 12.0 Å². The minimum atomic E-state index is -0.0558. The van der Waals surface area contributed by atoms with Gasteiger partial charge in [-0.25, -0.2) is 0 Å². The van der Waals surface area contributed by atoms with Crippen molar-refractivity contribution < 1.29 is 9.59 Å². The Hall–Kier alpha value is -1.85. The van der Waals surface area contributed by atoms with E-state index in [-0.39, 0.29) is 24.4 Å². The third-order valence-corrected chi connectivity index (χ3v) is 3.17. The van der Waals surface area contributed by atoms with E-state index in [1.807, 2.05) is 20.2 Å². The van der Waals surface area contributed by atoms with E-state index in [9.17, 15) is 9.59 Å². The van der Waals surface area contributed by atoms with Gasteiger partial charge in [-0.05, 0) is 18.9 Å². The van der Waals surface area contributed by atoms with Crippen LogP contribution in [0.1, 0.15) is 18.9 Å². The first kappa shape index (κ1) is 12.6. The summed E-state index contributed by atoms with van der Waals surface area (Å²) >= 11 is 0. The molecule has 1 fully saturated rings. The van der Waals surface area contributed by atoms with E-state index in [0.29, 0.717) is 13.0 Å². The number of nitrogens with zero attached hydrogens (tertiary/aromatic N) is 3. The summed E-state index contributed by atoms with van der Waals surface area (Å²) in [4.78, 5) is 25.0. The van der Waals surface area contributed by atoms with E-state index in [1.165, 1.54) is 0 Å². The fourth-order valence-corrected chi connectivity index (χ4v) is 2.17. The van der Waals surface area contributed by atoms with Crippen LogP contribution >= 0.6 is 0 Å². The topological polar surface area (TPSA) is 67.2 Å². The van der Waals surface area contributed by atoms with Gasteiger partial charge in [0.1, 0.15) is 0 Å². The first-order valence-corrected chi connectivity index (χ1v) is 6.10. The molecule has 6 heteroatoms. The number of hydrogen-bond acceptors (Lipinski definition) is 3. The van der Waals surface area contributed by atoms with Crippen molar-refractivity contribution in [2.75, 3.05) is 13.1 Å². The van der Waals surface area contributed by atoms with E-state index in [1.54, 1.807) is 15.8 Å². The molecule has 0 saturated carbocycles. The fraction of sp³-hybridized carbons (Fsp3) is 0.583. The minimum absolute atomic E-state index is 0.0164. The summed E-state index contributed by atoms with van der Waals surface area (Å²) in [6.45, 7) is 2.64. The van der Waals surface area contributed by atoms with Gasteiger partial charge < -0.3 is 10.2 Å². The van der Waals surface area contributed by atoms with Gasteiger partial charge in [0.15, 0.2) is 0 Å². The molecule has 18 heavy (non-hydrogen) atoms. The Bertz CT molecular complexity index is 455. The number of rotatable bonds is 3. The van der Waals surface area contributed by atoms with E-state index in [2.05, 4.69) is 10.4 Å². The summed E-state index contributed by atoms with van der Waals surface area (Å²) in [6, 6.07) is -0.0447. The molecule has 6 nitrogen and oxygen atoms in total. The van der Waals surface area contributed by atoms with Gasteiger partial charge in [-0.2, -0.15) is 5.10 Å². The standard InChI is InChI=1S/C12H18N4O2/c1-9-5-11(17)13-7-12(18)16(9)4-3-10-6-14-15(2)8-10/h6,8-9H,3-5,7H2,1-2H3,(H,13,17). The van der Waals surface area contributed by atoms with Crippen molar-refractivity contribution in [3.63, 3.8) is 0 Å². The molecular weight excluding hydrogens is 232 g/mol. The van der Waals surface area contributed by atoms with Gasteiger partial charge in [0, 0.05) is 32.3 Å². The first-order valence-electron chi connectivity index (χ1n) is 6.10. The van der Waals surface area contributed by atoms with Gasteiger partial charge >= 0.3 is 0 Å². The highest BCUT2D eigenvalue weighted by atomic mass is 16.2. The number of hydrogen-bond donors (Lipinski definition) is 1. The Labute approximate surface area is 106 Å². The van der Waals surface area contributed by atoms with Crippen LogP contribution in [0.4, 0.5) is 0 Å². The van der Waals surface area contributed by atoms with E-state index >= 15 is 0 Å². The molecule has 1 saturated heterocycles. The van der Waals surface area contributed by atoms with Crippen LogP contribution in [0, 0.1) is 0 Å². The molecule has 0 aromatic carbocycles. The van der Waals surface area contributed by atoms with Gasteiger partial charge in [-0.1, -0.05) is 0 Å². The van der Waals surface area contributed by atoms with Crippen molar-refractivity contribution in [1.82, 2.24) is 20.0 Å². The number of aryl methyl sites for hydroxylation is 1. The van der Waals surface area contributed by atoms with Crippen LogP contribution in [-0.4, -0.2) is 45.6 Å². The normalized spacial score (nSPS) is 20.8. The lowest BCUT2D eigenvalue weighted by Crippen LogP contribution is -2.40. The number of carbonyl (C=O) groups is 2. The summed E-state index contributed by atoms with van der Waals surface area (Å²) in [7, 11) is 1.87. The number of carbonyl (C=O) groups excluding carboxylic acids is 2. The van der Waals surface area contributed by atoms with Crippen molar-refractivity contribution in [3.05, 3.63) is 18.0 Å². The van der Waals surface area contributed by atoms with Crippen molar-refractivity contribution >= 4 is 11.8 Å². The first-order chi connectivity index (χ1) is 8.56. The molecule has 1 aromatic rings. The summed E-state index contributed by atoms with van der Waals surface area (Å²) < 4.78 is 1.74. The highest BCUT2D eigenvalue weighted by Gasteiger charge is 2.25. The van der Waals surface area contributed by atoms with Crippen LogP contribution in [0.25, 0.3) is 0 Å². The van der Waals surface area contributed by atoms with Gasteiger partial charge in [0.05, 0.1) is 12.7 Å². The zero-order valence-electron chi connectivity index (χ0n) is 10.7. The molecule has 0 bridgehead atoms. The van der Waals surface area contributed by atoms with Crippen LogP contribution in [-0.2, 0) is 23.1 Å². The molecule has 98 valence electrons. The van der Waals surface area contributed by atoms with Gasteiger partial charge in [0.2, 0.25) is 11.8 Å². The van der Waals surface area contributed by atoms with Gasteiger partial charge in [-0.3, -0.25) is 14.3 Å². The monoisotopic (exact) mass is 250 g/mol. The third kappa shape index (κ3) is 2.88. The Morgan fingerprint density at radius 1 is 1.50 bits per heavy atom. The maximum Gasteiger partial charge on any atom is 0.242 e. The summed E-state index contributed by atoms with van der Waals surface area (Å²) in [5.74, 6) is -0.0723. The number of aromatic nitrogens is 2. The molecule has 1 unspecified atom stereocenters. The van der Waals surface area contributed by atoms with Crippen LogP contribution in [0.5, 0.6) is 0 Å². The molecule has 0 radical (unpaired) electrons. The minimum Gasteiger partial charge on any atom is -0.347 e. The average molecular weight is 250 g/mol. The summed E-state index contributed by atoms with van der Waals surface area (Å²) in [5.41, 5.74) is 1.10. The second kappa shape index (κ2) is 5.20. The lowest BCUT2D eigenvalue weighted by Gasteiger charge is -2.26. The smallest absolute Gasteiger partial charge is 0.242 e. The predicted molar refractivity (Wildman–Crippen MR) is 65.7 cm³/mol. The zero-order chi connectivity index (χ0) is 13.1.